The van der Waals surface area contributed by atoms with Crippen LogP contribution in [0.4, 0.5) is 5.69 Å². The van der Waals surface area contributed by atoms with E-state index in [1.165, 1.54) is 30.5 Å². The number of hydrogen-bond donors (Lipinski definition) is 2. The predicted molar refractivity (Wildman–Crippen MR) is 145 cm³/mol. The highest BCUT2D eigenvalue weighted by Gasteiger charge is 2.34. The van der Waals surface area contributed by atoms with Crippen molar-refractivity contribution in [2.24, 2.45) is 0 Å². The fraction of sp³-hybridized carbons (Fsp3) is 0.321. The first-order chi connectivity index (χ1) is 18.5. The second-order valence-corrected chi connectivity index (χ2v) is 9.64. The minimum Gasteiger partial charge on any atom is -0.497 e. The number of carbonyl (C=O) groups excluding carboxylic acids is 3. The van der Waals surface area contributed by atoms with E-state index in [1.54, 1.807) is 47.8 Å². The molecular formula is C28H31N3O6S. The SMILES string of the molecule is COc1cc(OC)cc(N(C(=O)CNC(=O)c2cccs2)[C@H](C(=O)NC[C@H]2CCCO2)c2ccccc2)c1. The van der Waals surface area contributed by atoms with Crippen LogP contribution in [0.1, 0.15) is 34.1 Å². The van der Waals surface area contributed by atoms with Gasteiger partial charge in [0.2, 0.25) is 11.8 Å². The summed E-state index contributed by atoms with van der Waals surface area (Å²) in [6.45, 7) is 0.681. The predicted octanol–water partition coefficient (Wildman–Crippen LogP) is 3.56. The van der Waals surface area contributed by atoms with Crippen molar-refractivity contribution >= 4 is 34.7 Å². The molecule has 0 unspecified atom stereocenters. The van der Waals surface area contributed by atoms with Crippen LogP contribution in [0, 0.1) is 0 Å². The summed E-state index contributed by atoms with van der Waals surface area (Å²) in [6, 6.07) is 16.5. The van der Waals surface area contributed by atoms with Crippen LogP contribution in [0.3, 0.4) is 0 Å². The summed E-state index contributed by atoms with van der Waals surface area (Å²) in [5, 5.41) is 7.43. The summed E-state index contributed by atoms with van der Waals surface area (Å²) in [6.07, 6.45) is 1.74. The van der Waals surface area contributed by atoms with Crippen molar-refractivity contribution < 1.29 is 28.6 Å². The van der Waals surface area contributed by atoms with Gasteiger partial charge in [0.15, 0.2) is 0 Å². The van der Waals surface area contributed by atoms with Gasteiger partial charge in [-0.3, -0.25) is 19.3 Å². The molecular weight excluding hydrogens is 506 g/mol. The lowest BCUT2D eigenvalue weighted by Gasteiger charge is -2.32. The monoisotopic (exact) mass is 537 g/mol. The van der Waals surface area contributed by atoms with E-state index in [0.717, 1.165) is 12.8 Å². The molecule has 4 rings (SSSR count). The number of hydrogen-bond acceptors (Lipinski definition) is 7. The zero-order chi connectivity index (χ0) is 26.9. The van der Waals surface area contributed by atoms with E-state index in [0.29, 0.717) is 40.8 Å². The molecule has 10 heteroatoms. The highest BCUT2D eigenvalue weighted by Crippen LogP contribution is 2.34. The number of methoxy groups -OCH3 is 2. The van der Waals surface area contributed by atoms with Crippen molar-refractivity contribution in [1.29, 1.82) is 0 Å². The Balaban J connectivity index is 1.70. The Bertz CT molecular complexity index is 1210. The number of ether oxygens (including phenoxy) is 3. The minimum absolute atomic E-state index is 0.0680. The van der Waals surface area contributed by atoms with E-state index in [2.05, 4.69) is 10.6 Å². The molecule has 9 nitrogen and oxygen atoms in total. The maximum absolute atomic E-state index is 13.8. The van der Waals surface area contributed by atoms with Gasteiger partial charge in [0.25, 0.3) is 5.91 Å². The average Bonchev–Trinajstić information content (AvgIpc) is 3.68. The molecule has 3 aromatic rings. The number of anilines is 1. The van der Waals surface area contributed by atoms with E-state index in [9.17, 15) is 14.4 Å². The first-order valence-corrected chi connectivity index (χ1v) is 13.2. The molecule has 0 saturated carbocycles. The smallest absolute Gasteiger partial charge is 0.261 e. The second kappa shape index (κ2) is 13.1. The molecule has 0 bridgehead atoms. The molecule has 0 spiro atoms. The van der Waals surface area contributed by atoms with E-state index < -0.39 is 11.9 Å². The van der Waals surface area contributed by atoms with Crippen LogP contribution in [0.25, 0.3) is 0 Å². The summed E-state index contributed by atoms with van der Waals surface area (Å²) in [4.78, 5) is 42.0. The highest BCUT2D eigenvalue weighted by molar-refractivity contribution is 7.12. The molecule has 3 amide bonds. The molecule has 0 radical (unpaired) electrons. The summed E-state index contributed by atoms with van der Waals surface area (Å²) in [5.74, 6) is -0.314. The van der Waals surface area contributed by atoms with Gasteiger partial charge >= 0.3 is 0 Å². The molecule has 2 atom stereocenters. The van der Waals surface area contributed by atoms with Gasteiger partial charge in [0, 0.05) is 31.4 Å². The first kappa shape index (κ1) is 27.2. The minimum atomic E-state index is -1.03. The summed E-state index contributed by atoms with van der Waals surface area (Å²) in [7, 11) is 3.02. The molecule has 2 N–H and O–H groups in total. The van der Waals surface area contributed by atoms with Gasteiger partial charge in [-0.2, -0.15) is 0 Å². The third-order valence-electron chi connectivity index (χ3n) is 6.18. The molecule has 1 aliphatic rings. The number of nitrogens with one attached hydrogen (secondary N) is 2. The van der Waals surface area contributed by atoms with Gasteiger partial charge in [-0.1, -0.05) is 36.4 Å². The van der Waals surface area contributed by atoms with E-state index >= 15 is 0 Å². The molecule has 2 aromatic carbocycles. The van der Waals surface area contributed by atoms with Crippen molar-refractivity contribution in [3.63, 3.8) is 0 Å². The molecule has 1 aromatic heterocycles. The quantitative estimate of drug-likeness (QED) is 0.388. The Kier molecular flexibility index (Phi) is 9.34. The van der Waals surface area contributed by atoms with Crippen LogP contribution in [0.2, 0.25) is 0 Å². The van der Waals surface area contributed by atoms with Crippen LogP contribution in [-0.4, -0.2) is 57.7 Å². The standard InChI is InChI=1S/C28H31N3O6S/c1-35-22-14-20(15-23(16-22)36-2)31(25(32)18-30-27(33)24-11-7-13-38-24)26(19-8-4-3-5-9-19)28(34)29-17-21-10-6-12-37-21/h3-5,7-9,11,13-16,21,26H,6,10,12,17-18H2,1-2H3,(H,29,34)(H,30,33)/t21-,26+/m1/s1. The molecule has 1 aliphatic heterocycles. The molecule has 2 heterocycles. The van der Waals surface area contributed by atoms with Crippen LogP contribution < -0.4 is 25.0 Å². The van der Waals surface area contributed by atoms with Crippen molar-refractivity contribution in [3.8, 4) is 11.5 Å². The van der Waals surface area contributed by atoms with Crippen LogP contribution in [0.5, 0.6) is 11.5 Å². The van der Waals surface area contributed by atoms with Crippen molar-refractivity contribution in [3.05, 3.63) is 76.5 Å². The zero-order valence-corrected chi connectivity index (χ0v) is 22.2. The summed E-state index contributed by atoms with van der Waals surface area (Å²) >= 11 is 1.28. The Morgan fingerprint density at radius 1 is 1.03 bits per heavy atom. The second-order valence-electron chi connectivity index (χ2n) is 8.69. The van der Waals surface area contributed by atoms with E-state index in [-0.39, 0.29) is 24.5 Å². The molecule has 1 saturated heterocycles. The van der Waals surface area contributed by atoms with Crippen molar-refractivity contribution in [2.45, 2.75) is 25.0 Å². The number of benzene rings is 2. The van der Waals surface area contributed by atoms with E-state index in [1.807, 2.05) is 18.2 Å². The first-order valence-electron chi connectivity index (χ1n) is 12.3. The maximum atomic E-state index is 13.8. The normalized spacial score (nSPS) is 15.4. The third kappa shape index (κ3) is 6.70. The van der Waals surface area contributed by atoms with Crippen molar-refractivity contribution in [1.82, 2.24) is 10.6 Å². The largest absolute Gasteiger partial charge is 0.497 e. The lowest BCUT2D eigenvalue weighted by Crippen LogP contribution is -2.48. The molecule has 200 valence electrons. The molecule has 0 aliphatic carbocycles. The number of carbonyl (C=O) groups is 3. The fourth-order valence-corrected chi connectivity index (χ4v) is 4.91. The van der Waals surface area contributed by atoms with Crippen molar-refractivity contribution in [2.75, 3.05) is 38.8 Å². The van der Waals surface area contributed by atoms with Gasteiger partial charge in [-0.05, 0) is 29.9 Å². The molecule has 38 heavy (non-hydrogen) atoms. The highest BCUT2D eigenvalue weighted by atomic mass is 32.1. The van der Waals surface area contributed by atoms with Crippen LogP contribution >= 0.6 is 11.3 Å². The third-order valence-corrected chi connectivity index (χ3v) is 7.05. The zero-order valence-electron chi connectivity index (χ0n) is 21.3. The average molecular weight is 538 g/mol. The van der Waals surface area contributed by atoms with Gasteiger partial charge in [0.05, 0.1) is 37.4 Å². The number of nitrogens with zero attached hydrogens (tertiary/aromatic N) is 1. The Morgan fingerprint density at radius 2 is 1.76 bits per heavy atom. The summed E-state index contributed by atoms with van der Waals surface area (Å²) < 4.78 is 16.5. The van der Waals surface area contributed by atoms with Crippen LogP contribution in [0.15, 0.2) is 66.0 Å². The van der Waals surface area contributed by atoms with E-state index in [4.69, 9.17) is 14.2 Å². The molecule has 1 fully saturated rings. The maximum Gasteiger partial charge on any atom is 0.261 e. The van der Waals surface area contributed by atoms with Crippen LogP contribution in [-0.2, 0) is 14.3 Å². The Labute approximate surface area is 225 Å². The fourth-order valence-electron chi connectivity index (χ4n) is 4.27. The number of amides is 3. The number of thiophene rings is 1. The summed E-state index contributed by atoms with van der Waals surface area (Å²) in [5.41, 5.74) is 0.995. The van der Waals surface area contributed by atoms with Gasteiger partial charge < -0.3 is 24.8 Å². The lowest BCUT2D eigenvalue weighted by atomic mass is 10.0. The Hall–Kier alpha value is -3.89. The van der Waals surface area contributed by atoms with Gasteiger partial charge in [-0.25, -0.2) is 0 Å². The topological polar surface area (TPSA) is 106 Å². The Morgan fingerprint density at radius 3 is 2.37 bits per heavy atom. The van der Waals surface area contributed by atoms with Gasteiger partial charge in [-0.15, -0.1) is 11.3 Å². The van der Waals surface area contributed by atoms with Gasteiger partial charge in [0.1, 0.15) is 17.5 Å². The lowest BCUT2D eigenvalue weighted by molar-refractivity contribution is -0.126. The number of rotatable bonds is 11.